The van der Waals surface area contributed by atoms with Gasteiger partial charge in [-0.15, -0.1) is 0 Å². The zero-order valence-electron chi connectivity index (χ0n) is 20.1. The number of fused-ring (bicyclic) bond motifs is 1. The number of ether oxygens (including phenoxy) is 1. The molecule has 3 N–H and O–H groups in total. The van der Waals surface area contributed by atoms with Gasteiger partial charge in [0.2, 0.25) is 5.91 Å². The number of hydrogen-bond acceptors (Lipinski definition) is 8. The molecule has 0 unspecified atom stereocenters. The highest BCUT2D eigenvalue weighted by molar-refractivity contribution is 5.94. The van der Waals surface area contributed by atoms with Crippen LogP contribution < -0.4 is 20.9 Å². The summed E-state index contributed by atoms with van der Waals surface area (Å²) < 4.78 is 5.49. The summed E-state index contributed by atoms with van der Waals surface area (Å²) in [4.78, 5) is 30.6. The number of pyridine rings is 1. The highest BCUT2D eigenvalue weighted by atomic mass is 16.5. The van der Waals surface area contributed by atoms with E-state index in [2.05, 4.69) is 36.1 Å². The van der Waals surface area contributed by atoms with Crippen LogP contribution in [0, 0.1) is 0 Å². The molecule has 4 heterocycles. The second-order valence-electron chi connectivity index (χ2n) is 9.48. The summed E-state index contributed by atoms with van der Waals surface area (Å²) in [5, 5.41) is 2.99. The number of amides is 1. The van der Waals surface area contributed by atoms with Crippen LogP contribution in [0.15, 0.2) is 48.9 Å². The zero-order chi connectivity index (χ0) is 24.5. The number of morpholine rings is 1. The van der Waals surface area contributed by atoms with Crippen molar-refractivity contribution >= 4 is 34.7 Å². The normalized spacial score (nSPS) is 17.4. The summed E-state index contributed by atoms with van der Waals surface area (Å²) in [6.07, 6.45) is 6.59. The molecule has 0 radical (unpaired) electrons. The van der Waals surface area contributed by atoms with Crippen molar-refractivity contribution in [3.63, 3.8) is 0 Å². The van der Waals surface area contributed by atoms with Crippen molar-refractivity contribution in [3.8, 4) is 0 Å². The van der Waals surface area contributed by atoms with E-state index in [4.69, 9.17) is 10.5 Å². The molecule has 0 bridgehead atoms. The van der Waals surface area contributed by atoms with Crippen molar-refractivity contribution in [2.45, 2.75) is 18.9 Å². The maximum Gasteiger partial charge on any atom is 0.230 e. The van der Waals surface area contributed by atoms with Crippen molar-refractivity contribution in [1.82, 2.24) is 15.0 Å². The summed E-state index contributed by atoms with van der Waals surface area (Å²) in [6, 6.07) is 12.1. The molecule has 3 aromatic rings. The summed E-state index contributed by atoms with van der Waals surface area (Å²) >= 11 is 0. The molecule has 36 heavy (non-hydrogen) atoms. The Kier molecular flexibility index (Phi) is 6.08. The van der Waals surface area contributed by atoms with Crippen molar-refractivity contribution in [2.75, 3.05) is 54.5 Å². The van der Waals surface area contributed by atoms with Gasteiger partial charge >= 0.3 is 0 Å². The molecule has 0 spiro atoms. The highest BCUT2D eigenvalue weighted by Crippen LogP contribution is 2.35. The van der Waals surface area contributed by atoms with E-state index in [1.165, 1.54) is 5.57 Å². The maximum absolute atomic E-state index is 12.7. The molecular weight excluding hydrogens is 454 g/mol. The second-order valence-corrected chi connectivity index (χ2v) is 9.48. The lowest BCUT2D eigenvalue weighted by atomic mass is 10.0. The lowest BCUT2D eigenvalue weighted by Crippen LogP contribution is -2.55. The lowest BCUT2D eigenvalue weighted by molar-refractivity contribution is -0.115. The van der Waals surface area contributed by atoms with E-state index >= 15 is 0 Å². The van der Waals surface area contributed by atoms with Crippen LogP contribution >= 0.6 is 0 Å². The van der Waals surface area contributed by atoms with Crippen LogP contribution in [-0.4, -0.2) is 66.3 Å². The number of rotatable bonds is 6. The van der Waals surface area contributed by atoms with Gasteiger partial charge in [-0.3, -0.25) is 9.78 Å². The molecule has 3 aliphatic rings. The first-order chi connectivity index (χ1) is 17.6. The summed E-state index contributed by atoms with van der Waals surface area (Å²) in [7, 11) is 0. The number of carbonyl (C=O) groups excluding carboxylic acids is 1. The van der Waals surface area contributed by atoms with Gasteiger partial charge in [0.05, 0.1) is 31.0 Å². The van der Waals surface area contributed by atoms with E-state index in [9.17, 15) is 4.79 Å². The fourth-order valence-electron chi connectivity index (χ4n) is 4.95. The van der Waals surface area contributed by atoms with Gasteiger partial charge in [-0.05, 0) is 41.5 Å². The van der Waals surface area contributed by atoms with Crippen molar-refractivity contribution in [1.29, 1.82) is 0 Å². The Bertz CT molecular complexity index is 1300. The molecule has 0 atom stereocenters. The average molecular weight is 484 g/mol. The second kappa shape index (κ2) is 9.67. The number of nitrogens with two attached hydrogens (primary N) is 1. The average Bonchev–Trinajstić information content (AvgIpc) is 3.32. The number of carbonyl (C=O) groups is 1. The van der Waals surface area contributed by atoms with Gasteiger partial charge in [0.1, 0.15) is 12.1 Å². The third-order valence-electron chi connectivity index (χ3n) is 6.89. The highest BCUT2D eigenvalue weighted by Gasteiger charge is 2.24. The lowest BCUT2D eigenvalue weighted by Gasteiger charge is -2.38. The fraction of sp³-hybridized carbons (Fsp3) is 0.333. The Labute approximate surface area is 210 Å². The minimum absolute atomic E-state index is 0.0920. The number of nitrogens with zero attached hydrogens (tertiary/aromatic N) is 5. The van der Waals surface area contributed by atoms with E-state index in [1.807, 2.05) is 36.4 Å². The Balaban J connectivity index is 1.10. The molecule has 1 aliphatic carbocycles. The van der Waals surface area contributed by atoms with Crippen LogP contribution in [-0.2, 0) is 22.4 Å². The summed E-state index contributed by atoms with van der Waals surface area (Å²) in [5.41, 5.74) is 12.9. The standard InChI is InChI=1S/C27H29N7O2/c28-20-15-34(16-20)23-5-6-29-22(13-23)14-26(35)32-21-3-1-18(2-4-21)19-11-24-25(12-19)30-17-31-27(24)33-7-9-36-10-8-33/h1-6,11,13,17,20H,7-10,12,14-16,28H2,(H,32,35). The smallest absolute Gasteiger partial charge is 0.230 e. The van der Waals surface area contributed by atoms with E-state index in [1.54, 1.807) is 12.5 Å². The molecule has 2 aromatic heterocycles. The largest absolute Gasteiger partial charge is 0.378 e. The van der Waals surface area contributed by atoms with Gasteiger partial charge in [0.15, 0.2) is 0 Å². The van der Waals surface area contributed by atoms with Crippen LogP contribution in [0.2, 0.25) is 0 Å². The van der Waals surface area contributed by atoms with Gasteiger partial charge in [-0.25, -0.2) is 9.97 Å². The number of allylic oxidation sites excluding steroid dienone is 1. The first-order valence-electron chi connectivity index (χ1n) is 12.4. The maximum atomic E-state index is 12.7. The van der Waals surface area contributed by atoms with Crippen LogP contribution in [0.3, 0.4) is 0 Å². The number of benzene rings is 1. The monoisotopic (exact) mass is 483 g/mol. The van der Waals surface area contributed by atoms with Crippen molar-refractivity contribution in [3.05, 3.63) is 71.4 Å². The van der Waals surface area contributed by atoms with Gasteiger partial charge in [0, 0.05) is 61.8 Å². The quantitative estimate of drug-likeness (QED) is 0.549. The van der Waals surface area contributed by atoms with Crippen LogP contribution in [0.25, 0.3) is 11.6 Å². The van der Waals surface area contributed by atoms with Crippen molar-refractivity contribution in [2.24, 2.45) is 5.73 Å². The Morgan fingerprint density at radius 2 is 1.86 bits per heavy atom. The first-order valence-corrected chi connectivity index (χ1v) is 12.4. The molecular formula is C27H29N7O2. The molecule has 2 saturated heterocycles. The number of aromatic nitrogens is 3. The number of hydrogen-bond donors (Lipinski definition) is 2. The van der Waals surface area contributed by atoms with Crippen LogP contribution in [0.1, 0.15) is 22.5 Å². The molecule has 2 fully saturated rings. The predicted octanol–water partition coefficient (Wildman–Crippen LogP) is 2.13. The molecule has 1 amide bonds. The topological polar surface area (TPSA) is 110 Å². The zero-order valence-corrected chi connectivity index (χ0v) is 20.1. The van der Waals surface area contributed by atoms with Crippen LogP contribution in [0.4, 0.5) is 17.2 Å². The molecule has 184 valence electrons. The number of nitrogens with one attached hydrogen (secondary N) is 1. The molecule has 2 aliphatic heterocycles. The minimum atomic E-state index is -0.0920. The van der Waals surface area contributed by atoms with Gasteiger partial charge in [-0.2, -0.15) is 0 Å². The molecule has 1 aromatic carbocycles. The Morgan fingerprint density at radius 3 is 2.64 bits per heavy atom. The van der Waals surface area contributed by atoms with Gasteiger partial charge in [-0.1, -0.05) is 12.1 Å². The number of anilines is 3. The van der Waals surface area contributed by atoms with E-state index in [0.717, 1.165) is 85.5 Å². The van der Waals surface area contributed by atoms with Gasteiger partial charge < -0.3 is 25.6 Å². The van der Waals surface area contributed by atoms with Crippen molar-refractivity contribution < 1.29 is 9.53 Å². The third-order valence-corrected chi connectivity index (χ3v) is 6.89. The Morgan fingerprint density at radius 1 is 1.06 bits per heavy atom. The van der Waals surface area contributed by atoms with Gasteiger partial charge in [0.25, 0.3) is 0 Å². The molecule has 9 nitrogen and oxygen atoms in total. The fourth-order valence-corrected chi connectivity index (χ4v) is 4.95. The SMILES string of the molecule is NC1CN(c2ccnc(CC(=O)Nc3ccc(C4=Cc5c(ncnc5N5CCOCC5)C4)cc3)c2)C1. The molecule has 0 saturated carbocycles. The first kappa shape index (κ1) is 22.6. The molecule has 6 rings (SSSR count). The summed E-state index contributed by atoms with van der Waals surface area (Å²) in [5.74, 6) is 0.891. The predicted molar refractivity (Wildman–Crippen MR) is 140 cm³/mol. The minimum Gasteiger partial charge on any atom is -0.378 e. The van der Waals surface area contributed by atoms with E-state index < -0.39 is 0 Å². The Hall–Kier alpha value is -3.82. The molecule has 9 heteroatoms. The van der Waals surface area contributed by atoms with E-state index in [0.29, 0.717) is 0 Å². The van der Waals surface area contributed by atoms with E-state index in [-0.39, 0.29) is 18.4 Å². The van der Waals surface area contributed by atoms with Crippen LogP contribution in [0.5, 0.6) is 0 Å². The summed E-state index contributed by atoms with van der Waals surface area (Å²) in [6.45, 7) is 4.80. The third kappa shape index (κ3) is 4.67.